The highest BCUT2D eigenvalue weighted by Crippen LogP contribution is 2.37. The molecule has 1 aliphatic heterocycles. The summed E-state index contributed by atoms with van der Waals surface area (Å²) in [6, 6.07) is 13.1. The number of rotatable bonds is 1. The summed E-state index contributed by atoms with van der Waals surface area (Å²) < 4.78 is 5.05. The SMILES string of the molecule is O=C1Cc2c(O)cc(-c3ccccc3)cc2O1. The number of hydrogen-bond donors (Lipinski definition) is 1. The highest BCUT2D eigenvalue weighted by Gasteiger charge is 2.24. The van der Waals surface area contributed by atoms with E-state index in [1.807, 2.05) is 30.3 Å². The zero-order valence-electron chi connectivity index (χ0n) is 9.01. The molecule has 3 nitrogen and oxygen atoms in total. The van der Waals surface area contributed by atoms with Crippen LogP contribution in [0.1, 0.15) is 5.56 Å². The molecule has 0 saturated heterocycles. The van der Waals surface area contributed by atoms with E-state index in [9.17, 15) is 9.90 Å². The van der Waals surface area contributed by atoms with E-state index in [1.165, 1.54) is 0 Å². The number of hydrogen-bond acceptors (Lipinski definition) is 3. The van der Waals surface area contributed by atoms with Gasteiger partial charge in [0.2, 0.25) is 0 Å². The molecule has 0 atom stereocenters. The van der Waals surface area contributed by atoms with E-state index in [0.29, 0.717) is 11.3 Å². The van der Waals surface area contributed by atoms with Gasteiger partial charge >= 0.3 is 5.97 Å². The van der Waals surface area contributed by atoms with Crippen molar-refractivity contribution in [2.45, 2.75) is 6.42 Å². The van der Waals surface area contributed by atoms with Gasteiger partial charge < -0.3 is 9.84 Å². The fourth-order valence-corrected chi connectivity index (χ4v) is 2.00. The van der Waals surface area contributed by atoms with Crippen LogP contribution in [0.4, 0.5) is 0 Å². The van der Waals surface area contributed by atoms with Gasteiger partial charge in [0.15, 0.2) is 0 Å². The van der Waals surface area contributed by atoms with Crippen LogP contribution in [0.25, 0.3) is 11.1 Å². The first-order valence-electron chi connectivity index (χ1n) is 5.36. The van der Waals surface area contributed by atoms with Crippen molar-refractivity contribution in [3.63, 3.8) is 0 Å². The molecule has 0 radical (unpaired) electrons. The summed E-state index contributed by atoms with van der Waals surface area (Å²) in [6.07, 6.45) is 0.149. The van der Waals surface area contributed by atoms with Crippen LogP contribution in [0.5, 0.6) is 11.5 Å². The Hall–Kier alpha value is -2.29. The Labute approximate surface area is 98.3 Å². The van der Waals surface area contributed by atoms with Gasteiger partial charge in [-0.05, 0) is 23.3 Å². The predicted octanol–water partition coefficient (Wildman–Crippen LogP) is 2.52. The Kier molecular flexibility index (Phi) is 2.11. The average molecular weight is 226 g/mol. The van der Waals surface area contributed by atoms with Gasteiger partial charge in [0.1, 0.15) is 11.5 Å². The summed E-state index contributed by atoms with van der Waals surface area (Å²) in [6.45, 7) is 0. The van der Waals surface area contributed by atoms with Crippen LogP contribution in [0.3, 0.4) is 0 Å². The molecule has 0 saturated carbocycles. The molecule has 2 aromatic carbocycles. The topological polar surface area (TPSA) is 46.5 Å². The van der Waals surface area contributed by atoms with Crippen molar-refractivity contribution in [3.05, 3.63) is 48.0 Å². The molecule has 0 unspecified atom stereocenters. The molecule has 2 aromatic rings. The third-order valence-corrected chi connectivity index (χ3v) is 2.84. The lowest BCUT2D eigenvalue weighted by atomic mass is 10.0. The smallest absolute Gasteiger partial charge is 0.315 e. The Balaban J connectivity index is 2.13. The molecule has 3 rings (SSSR count). The number of phenolic OH excluding ortho intramolecular Hbond substituents is 1. The molecule has 1 heterocycles. The van der Waals surface area contributed by atoms with Gasteiger partial charge in [0, 0.05) is 5.56 Å². The predicted molar refractivity (Wildman–Crippen MR) is 62.9 cm³/mol. The van der Waals surface area contributed by atoms with Crippen molar-refractivity contribution in [2.75, 3.05) is 0 Å². The lowest BCUT2D eigenvalue weighted by Gasteiger charge is -2.06. The van der Waals surface area contributed by atoms with Crippen molar-refractivity contribution in [1.82, 2.24) is 0 Å². The molecule has 0 bridgehead atoms. The van der Waals surface area contributed by atoms with E-state index in [4.69, 9.17) is 4.74 Å². The normalized spacial score (nSPS) is 13.3. The number of ether oxygens (including phenoxy) is 1. The minimum atomic E-state index is -0.319. The fourth-order valence-electron chi connectivity index (χ4n) is 2.00. The maximum absolute atomic E-state index is 11.2. The highest BCUT2D eigenvalue weighted by molar-refractivity contribution is 5.84. The first kappa shape index (κ1) is 9.90. The van der Waals surface area contributed by atoms with Crippen LogP contribution in [0, 0.1) is 0 Å². The third-order valence-electron chi connectivity index (χ3n) is 2.84. The second-order valence-electron chi connectivity index (χ2n) is 3.99. The van der Waals surface area contributed by atoms with E-state index in [-0.39, 0.29) is 18.1 Å². The fraction of sp³-hybridized carbons (Fsp3) is 0.0714. The summed E-state index contributed by atoms with van der Waals surface area (Å²) in [7, 11) is 0. The number of phenols is 1. The highest BCUT2D eigenvalue weighted by atomic mass is 16.5. The zero-order chi connectivity index (χ0) is 11.8. The molecule has 0 aliphatic carbocycles. The number of fused-ring (bicyclic) bond motifs is 1. The van der Waals surface area contributed by atoms with E-state index >= 15 is 0 Å². The van der Waals surface area contributed by atoms with Gasteiger partial charge in [-0.25, -0.2) is 0 Å². The Morgan fingerprint density at radius 1 is 1.06 bits per heavy atom. The second kappa shape index (κ2) is 3.63. The molecule has 3 heteroatoms. The van der Waals surface area contributed by atoms with Crippen molar-refractivity contribution < 1.29 is 14.6 Å². The number of esters is 1. The quantitative estimate of drug-likeness (QED) is 0.600. The van der Waals surface area contributed by atoms with Crippen LogP contribution in [-0.4, -0.2) is 11.1 Å². The standard InChI is InChI=1S/C14H10O3/c15-12-6-10(9-4-2-1-3-5-9)7-13-11(12)8-14(16)17-13/h1-7,15H,8H2. The first-order valence-corrected chi connectivity index (χ1v) is 5.36. The minimum absolute atomic E-state index is 0.118. The van der Waals surface area contributed by atoms with E-state index in [1.54, 1.807) is 12.1 Å². The Morgan fingerprint density at radius 3 is 2.59 bits per heavy atom. The van der Waals surface area contributed by atoms with Crippen molar-refractivity contribution in [3.8, 4) is 22.6 Å². The number of carbonyl (C=O) groups excluding carboxylic acids is 1. The number of aromatic hydroxyl groups is 1. The van der Waals surface area contributed by atoms with Crippen LogP contribution in [0.15, 0.2) is 42.5 Å². The molecule has 1 N–H and O–H groups in total. The van der Waals surface area contributed by atoms with Crippen LogP contribution < -0.4 is 4.74 Å². The summed E-state index contributed by atoms with van der Waals surface area (Å²) >= 11 is 0. The van der Waals surface area contributed by atoms with Gasteiger partial charge in [0.25, 0.3) is 0 Å². The van der Waals surface area contributed by atoms with Gasteiger partial charge in [-0.3, -0.25) is 4.79 Å². The summed E-state index contributed by atoms with van der Waals surface area (Å²) in [5.41, 5.74) is 2.40. The third kappa shape index (κ3) is 1.65. The monoisotopic (exact) mass is 226 g/mol. The Bertz CT molecular complexity index is 588. The van der Waals surface area contributed by atoms with Gasteiger partial charge in [0.05, 0.1) is 6.42 Å². The first-order chi connectivity index (χ1) is 8.24. The lowest BCUT2D eigenvalue weighted by molar-refractivity contribution is -0.131. The van der Waals surface area contributed by atoms with Crippen molar-refractivity contribution in [2.24, 2.45) is 0 Å². The second-order valence-corrected chi connectivity index (χ2v) is 3.99. The van der Waals surface area contributed by atoms with E-state index in [0.717, 1.165) is 11.1 Å². The van der Waals surface area contributed by atoms with Crippen LogP contribution >= 0.6 is 0 Å². The van der Waals surface area contributed by atoms with Crippen molar-refractivity contribution in [1.29, 1.82) is 0 Å². The van der Waals surface area contributed by atoms with Crippen LogP contribution in [-0.2, 0) is 11.2 Å². The maximum Gasteiger partial charge on any atom is 0.315 e. The summed E-state index contributed by atoms with van der Waals surface area (Å²) in [5.74, 6) is 0.265. The summed E-state index contributed by atoms with van der Waals surface area (Å²) in [4.78, 5) is 11.2. The molecule has 0 amide bonds. The Morgan fingerprint density at radius 2 is 1.82 bits per heavy atom. The molecule has 1 aliphatic rings. The number of carbonyl (C=O) groups is 1. The molecular weight excluding hydrogens is 216 g/mol. The zero-order valence-corrected chi connectivity index (χ0v) is 9.01. The molecular formula is C14H10O3. The van der Waals surface area contributed by atoms with Gasteiger partial charge in [-0.15, -0.1) is 0 Å². The molecule has 0 fully saturated rings. The average Bonchev–Trinajstić information content (AvgIpc) is 2.71. The van der Waals surface area contributed by atoms with Crippen molar-refractivity contribution >= 4 is 5.97 Å². The summed E-state index contributed by atoms with van der Waals surface area (Å²) in [5, 5.41) is 9.86. The molecule has 84 valence electrons. The van der Waals surface area contributed by atoms with Crippen LogP contribution in [0.2, 0.25) is 0 Å². The molecule has 0 spiro atoms. The minimum Gasteiger partial charge on any atom is -0.507 e. The van der Waals surface area contributed by atoms with Gasteiger partial charge in [-0.2, -0.15) is 0 Å². The van der Waals surface area contributed by atoms with E-state index in [2.05, 4.69) is 0 Å². The largest absolute Gasteiger partial charge is 0.507 e. The molecule has 17 heavy (non-hydrogen) atoms. The van der Waals surface area contributed by atoms with Gasteiger partial charge in [-0.1, -0.05) is 30.3 Å². The lowest BCUT2D eigenvalue weighted by Crippen LogP contribution is -2.00. The maximum atomic E-state index is 11.2. The van der Waals surface area contributed by atoms with E-state index < -0.39 is 0 Å². The number of benzene rings is 2. The molecule has 0 aromatic heterocycles.